The first-order chi connectivity index (χ1) is 7.63. The quantitative estimate of drug-likeness (QED) is 0.737. The van der Waals surface area contributed by atoms with E-state index in [0.717, 1.165) is 12.2 Å². The highest BCUT2D eigenvalue weighted by Crippen LogP contribution is 2.36. The van der Waals surface area contributed by atoms with Gasteiger partial charge in [0.1, 0.15) is 5.75 Å². The molecule has 0 aromatic heterocycles. The van der Waals surface area contributed by atoms with Gasteiger partial charge >= 0.3 is 0 Å². The first kappa shape index (κ1) is 11.5. The van der Waals surface area contributed by atoms with Crippen LogP contribution in [-0.4, -0.2) is 7.11 Å². The van der Waals surface area contributed by atoms with Crippen LogP contribution in [0.2, 0.25) is 0 Å². The second-order valence-electron chi connectivity index (χ2n) is 4.97. The maximum Gasteiger partial charge on any atom is 0.119 e. The SMILES string of the molecule is COc1ccc2c(c1)C(N)C(C)C(C)CC2. The molecule has 3 atom stereocenters. The van der Waals surface area contributed by atoms with Crippen molar-refractivity contribution in [1.82, 2.24) is 0 Å². The number of benzene rings is 1. The second-order valence-corrected chi connectivity index (χ2v) is 4.97. The van der Waals surface area contributed by atoms with Crippen LogP contribution in [0.15, 0.2) is 18.2 Å². The van der Waals surface area contributed by atoms with Gasteiger partial charge in [0.05, 0.1) is 7.11 Å². The highest BCUT2D eigenvalue weighted by molar-refractivity contribution is 5.38. The molecule has 1 aliphatic carbocycles. The number of fused-ring (bicyclic) bond motifs is 1. The maximum atomic E-state index is 6.35. The van der Waals surface area contributed by atoms with E-state index in [9.17, 15) is 0 Å². The van der Waals surface area contributed by atoms with Crippen LogP contribution >= 0.6 is 0 Å². The van der Waals surface area contributed by atoms with Crippen molar-refractivity contribution < 1.29 is 4.74 Å². The number of nitrogens with two attached hydrogens (primary N) is 1. The highest BCUT2D eigenvalue weighted by atomic mass is 16.5. The third-order valence-electron chi connectivity index (χ3n) is 4.05. The summed E-state index contributed by atoms with van der Waals surface area (Å²) in [5.74, 6) is 2.14. The summed E-state index contributed by atoms with van der Waals surface area (Å²) in [6, 6.07) is 6.45. The van der Waals surface area contributed by atoms with Crippen molar-refractivity contribution in [3.8, 4) is 5.75 Å². The Hall–Kier alpha value is -1.02. The van der Waals surface area contributed by atoms with E-state index in [4.69, 9.17) is 10.5 Å². The largest absolute Gasteiger partial charge is 0.497 e. The molecule has 1 aromatic rings. The molecule has 3 unspecified atom stereocenters. The highest BCUT2D eigenvalue weighted by Gasteiger charge is 2.26. The fourth-order valence-electron chi connectivity index (χ4n) is 2.52. The average molecular weight is 219 g/mol. The number of hydrogen-bond acceptors (Lipinski definition) is 2. The minimum absolute atomic E-state index is 0.141. The molecule has 0 saturated carbocycles. The van der Waals surface area contributed by atoms with Crippen LogP contribution < -0.4 is 10.5 Å². The summed E-state index contributed by atoms with van der Waals surface area (Å²) in [7, 11) is 1.70. The molecule has 2 nitrogen and oxygen atoms in total. The first-order valence-corrected chi connectivity index (χ1v) is 6.06. The molecule has 0 heterocycles. The van der Waals surface area contributed by atoms with E-state index in [1.807, 2.05) is 6.07 Å². The molecule has 0 bridgehead atoms. The molecule has 0 spiro atoms. The Bertz CT molecular complexity index is 375. The van der Waals surface area contributed by atoms with Gasteiger partial charge in [-0.25, -0.2) is 0 Å². The smallest absolute Gasteiger partial charge is 0.119 e. The second kappa shape index (κ2) is 4.46. The van der Waals surface area contributed by atoms with Gasteiger partial charge in [-0.3, -0.25) is 0 Å². The van der Waals surface area contributed by atoms with Gasteiger partial charge < -0.3 is 10.5 Å². The minimum atomic E-state index is 0.141. The molecular formula is C14H21NO. The number of aryl methyl sites for hydroxylation is 1. The fourth-order valence-corrected chi connectivity index (χ4v) is 2.52. The van der Waals surface area contributed by atoms with Crippen LogP contribution in [0.5, 0.6) is 5.75 Å². The first-order valence-electron chi connectivity index (χ1n) is 6.06. The molecule has 2 rings (SSSR count). The number of rotatable bonds is 1. The van der Waals surface area contributed by atoms with E-state index in [1.54, 1.807) is 7.11 Å². The van der Waals surface area contributed by atoms with Crippen molar-refractivity contribution >= 4 is 0 Å². The Morgan fingerprint density at radius 1 is 1.31 bits per heavy atom. The third-order valence-corrected chi connectivity index (χ3v) is 4.05. The topological polar surface area (TPSA) is 35.2 Å². The summed E-state index contributed by atoms with van der Waals surface area (Å²) in [4.78, 5) is 0. The maximum absolute atomic E-state index is 6.35. The standard InChI is InChI=1S/C14H21NO/c1-9-4-5-11-6-7-12(16-3)8-13(11)14(15)10(9)2/h6-10,14H,4-5,15H2,1-3H3. The number of methoxy groups -OCH3 is 1. The molecular weight excluding hydrogens is 198 g/mol. The summed E-state index contributed by atoms with van der Waals surface area (Å²) >= 11 is 0. The van der Waals surface area contributed by atoms with Crippen LogP contribution in [0.3, 0.4) is 0 Å². The summed E-state index contributed by atoms with van der Waals surface area (Å²) in [5, 5.41) is 0. The lowest BCUT2D eigenvalue weighted by molar-refractivity contribution is 0.324. The van der Waals surface area contributed by atoms with Gasteiger partial charge in [-0.2, -0.15) is 0 Å². The van der Waals surface area contributed by atoms with E-state index in [2.05, 4.69) is 26.0 Å². The predicted octanol–water partition coefficient (Wildman–Crippen LogP) is 2.91. The van der Waals surface area contributed by atoms with E-state index in [0.29, 0.717) is 11.8 Å². The van der Waals surface area contributed by atoms with Gasteiger partial charge in [0.2, 0.25) is 0 Å². The van der Waals surface area contributed by atoms with Crippen molar-refractivity contribution in [2.45, 2.75) is 32.7 Å². The Kier molecular flexibility index (Phi) is 3.20. The van der Waals surface area contributed by atoms with Crippen LogP contribution in [0.4, 0.5) is 0 Å². The normalized spacial score (nSPS) is 29.4. The molecule has 0 amide bonds. The summed E-state index contributed by atoms with van der Waals surface area (Å²) in [6.07, 6.45) is 2.37. The molecule has 0 fully saturated rings. The molecule has 0 radical (unpaired) electrons. The average Bonchev–Trinajstić information content (AvgIpc) is 2.42. The lowest BCUT2D eigenvalue weighted by Gasteiger charge is -2.23. The molecule has 88 valence electrons. The molecule has 1 aromatic carbocycles. The fraction of sp³-hybridized carbons (Fsp3) is 0.571. The lowest BCUT2D eigenvalue weighted by Crippen LogP contribution is -2.23. The van der Waals surface area contributed by atoms with E-state index in [-0.39, 0.29) is 6.04 Å². The van der Waals surface area contributed by atoms with Gasteiger partial charge in [-0.1, -0.05) is 19.9 Å². The van der Waals surface area contributed by atoms with Gasteiger partial charge in [0.15, 0.2) is 0 Å². The molecule has 1 aliphatic rings. The van der Waals surface area contributed by atoms with Gasteiger partial charge in [-0.05, 0) is 47.9 Å². The molecule has 0 aliphatic heterocycles. The van der Waals surface area contributed by atoms with E-state index in [1.165, 1.54) is 17.5 Å². The zero-order chi connectivity index (χ0) is 11.7. The number of ether oxygens (including phenoxy) is 1. The Morgan fingerprint density at radius 3 is 2.75 bits per heavy atom. The summed E-state index contributed by atoms with van der Waals surface area (Å²) < 4.78 is 5.28. The zero-order valence-electron chi connectivity index (χ0n) is 10.4. The third kappa shape index (κ3) is 1.94. The van der Waals surface area contributed by atoms with Crippen LogP contribution in [0.1, 0.15) is 37.4 Å². The Labute approximate surface area is 97.8 Å². The zero-order valence-corrected chi connectivity index (χ0v) is 10.4. The predicted molar refractivity (Wildman–Crippen MR) is 66.6 cm³/mol. The van der Waals surface area contributed by atoms with Crippen molar-refractivity contribution in [3.63, 3.8) is 0 Å². The van der Waals surface area contributed by atoms with Crippen LogP contribution in [0, 0.1) is 11.8 Å². The summed E-state index contributed by atoms with van der Waals surface area (Å²) in [6.45, 7) is 4.55. The monoisotopic (exact) mass is 219 g/mol. The minimum Gasteiger partial charge on any atom is -0.497 e. The van der Waals surface area contributed by atoms with Crippen molar-refractivity contribution in [2.24, 2.45) is 17.6 Å². The van der Waals surface area contributed by atoms with Crippen LogP contribution in [-0.2, 0) is 6.42 Å². The van der Waals surface area contributed by atoms with Crippen molar-refractivity contribution in [2.75, 3.05) is 7.11 Å². The lowest BCUT2D eigenvalue weighted by atomic mass is 9.86. The Balaban J connectivity index is 2.41. The van der Waals surface area contributed by atoms with Crippen molar-refractivity contribution in [1.29, 1.82) is 0 Å². The summed E-state index contributed by atoms with van der Waals surface area (Å²) in [5.41, 5.74) is 9.02. The molecule has 2 heteroatoms. The van der Waals surface area contributed by atoms with E-state index >= 15 is 0 Å². The van der Waals surface area contributed by atoms with E-state index < -0.39 is 0 Å². The molecule has 2 N–H and O–H groups in total. The molecule has 0 saturated heterocycles. The number of hydrogen-bond donors (Lipinski definition) is 1. The van der Waals surface area contributed by atoms with Gasteiger partial charge in [0, 0.05) is 6.04 Å². The van der Waals surface area contributed by atoms with Gasteiger partial charge in [0.25, 0.3) is 0 Å². The van der Waals surface area contributed by atoms with Crippen molar-refractivity contribution in [3.05, 3.63) is 29.3 Å². The molecule has 16 heavy (non-hydrogen) atoms. The van der Waals surface area contributed by atoms with Gasteiger partial charge in [-0.15, -0.1) is 0 Å². The Morgan fingerprint density at radius 2 is 2.06 bits per heavy atom. The van der Waals surface area contributed by atoms with Crippen LogP contribution in [0.25, 0.3) is 0 Å².